The van der Waals surface area contributed by atoms with Crippen LogP contribution in [0.15, 0.2) is 27.5 Å². The smallest absolute Gasteiger partial charge is 0.280 e. The van der Waals surface area contributed by atoms with E-state index in [9.17, 15) is 15.0 Å². The van der Waals surface area contributed by atoms with Crippen molar-refractivity contribution < 1.29 is 14.7 Å². The Morgan fingerprint density at radius 2 is 2.00 bits per heavy atom. The molecular weight excluding hydrogens is 394 g/mol. The second kappa shape index (κ2) is 12.0. The Labute approximate surface area is 184 Å². The fraction of sp³-hybridized carbons (Fsp3) is 0.625. The Kier molecular flexibility index (Phi) is 9.03. The fourth-order valence-corrected chi connectivity index (χ4v) is 4.58. The van der Waals surface area contributed by atoms with Crippen LogP contribution in [-0.2, 0) is 19.3 Å². The Hall–Kier alpha value is -2.25. The van der Waals surface area contributed by atoms with E-state index in [1.807, 2.05) is 6.07 Å². The number of aromatic hydroxyl groups is 2. The van der Waals surface area contributed by atoms with Gasteiger partial charge in [-0.15, -0.1) is 0 Å². The van der Waals surface area contributed by atoms with Crippen LogP contribution in [0, 0.1) is 0 Å². The van der Waals surface area contributed by atoms with Gasteiger partial charge in [0.2, 0.25) is 0 Å². The number of unbranched alkanes of at least 4 members (excludes halogenated alkanes) is 3. The second-order valence-electron chi connectivity index (χ2n) is 8.60. The van der Waals surface area contributed by atoms with Gasteiger partial charge in [-0.2, -0.15) is 5.16 Å². The van der Waals surface area contributed by atoms with Gasteiger partial charge in [-0.25, -0.2) is 0 Å². The molecular formula is C24H37N3O4. The average molecular weight is 432 g/mol. The molecule has 0 spiro atoms. The zero-order valence-corrected chi connectivity index (χ0v) is 18.7. The molecule has 0 amide bonds. The van der Waals surface area contributed by atoms with E-state index in [0.717, 1.165) is 70.3 Å². The average Bonchev–Trinajstić information content (AvgIpc) is 3.19. The lowest BCUT2D eigenvalue weighted by Gasteiger charge is -2.35. The maximum absolute atomic E-state index is 11.0. The number of aromatic amines is 1. The van der Waals surface area contributed by atoms with E-state index in [1.165, 1.54) is 30.9 Å². The van der Waals surface area contributed by atoms with Gasteiger partial charge >= 0.3 is 0 Å². The van der Waals surface area contributed by atoms with Crippen molar-refractivity contribution in [3.8, 4) is 11.5 Å². The highest BCUT2D eigenvalue weighted by atomic mass is 16.5. The normalized spacial score (nSPS) is 16.0. The van der Waals surface area contributed by atoms with E-state index in [-0.39, 0.29) is 17.1 Å². The topological polar surface area (TPSA) is 102 Å². The Bertz CT molecular complexity index is 861. The number of nitrogens with zero attached hydrogens (tertiary/aromatic N) is 1. The third kappa shape index (κ3) is 6.87. The third-order valence-corrected chi connectivity index (χ3v) is 6.24. The molecule has 4 N–H and O–H groups in total. The summed E-state index contributed by atoms with van der Waals surface area (Å²) in [4.78, 5) is 13.6. The minimum atomic E-state index is -0.179. The molecule has 0 unspecified atom stereocenters. The highest BCUT2D eigenvalue weighted by Crippen LogP contribution is 2.36. The van der Waals surface area contributed by atoms with Crippen LogP contribution in [0.3, 0.4) is 0 Å². The molecule has 0 fully saturated rings. The summed E-state index contributed by atoms with van der Waals surface area (Å²) in [6.45, 7) is 6.28. The van der Waals surface area contributed by atoms with Gasteiger partial charge < -0.3 is 25.0 Å². The van der Waals surface area contributed by atoms with Crippen molar-refractivity contribution >= 4 is 0 Å². The lowest BCUT2D eigenvalue weighted by atomic mass is 9.86. The molecule has 1 heterocycles. The lowest BCUT2D eigenvalue weighted by Crippen LogP contribution is -2.40. The van der Waals surface area contributed by atoms with Crippen molar-refractivity contribution in [2.75, 3.05) is 26.2 Å². The van der Waals surface area contributed by atoms with E-state index in [2.05, 4.69) is 22.3 Å². The van der Waals surface area contributed by atoms with Gasteiger partial charge in [0.1, 0.15) is 5.76 Å². The van der Waals surface area contributed by atoms with Gasteiger partial charge in [0.25, 0.3) is 5.56 Å². The second-order valence-corrected chi connectivity index (χ2v) is 8.60. The van der Waals surface area contributed by atoms with Gasteiger partial charge in [0.15, 0.2) is 11.5 Å². The molecule has 0 saturated heterocycles. The minimum absolute atomic E-state index is 0.00632. The van der Waals surface area contributed by atoms with E-state index < -0.39 is 0 Å². The number of rotatable bonds is 13. The largest absolute Gasteiger partial charge is 0.504 e. The number of nitrogens with one attached hydrogen (secondary N) is 2. The van der Waals surface area contributed by atoms with Crippen molar-refractivity contribution in [1.29, 1.82) is 0 Å². The van der Waals surface area contributed by atoms with Crippen molar-refractivity contribution in [2.45, 2.75) is 70.8 Å². The van der Waals surface area contributed by atoms with Crippen LogP contribution in [0.5, 0.6) is 11.5 Å². The predicted molar refractivity (Wildman–Crippen MR) is 122 cm³/mol. The Balaban J connectivity index is 1.31. The molecule has 0 bridgehead atoms. The summed E-state index contributed by atoms with van der Waals surface area (Å²) in [5.41, 5.74) is 1.93. The summed E-state index contributed by atoms with van der Waals surface area (Å²) in [6, 6.07) is 5.60. The first-order chi connectivity index (χ1) is 15.1. The highest BCUT2D eigenvalue weighted by Gasteiger charge is 2.26. The first-order valence-electron chi connectivity index (χ1n) is 11.7. The predicted octanol–water partition coefficient (Wildman–Crippen LogP) is 3.34. The molecule has 1 aliphatic carbocycles. The van der Waals surface area contributed by atoms with Gasteiger partial charge in [-0.05, 0) is 69.8 Å². The molecule has 1 aromatic heterocycles. The third-order valence-electron chi connectivity index (χ3n) is 6.24. The van der Waals surface area contributed by atoms with Gasteiger partial charge in [-0.3, -0.25) is 4.79 Å². The summed E-state index contributed by atoms with van der Waals surface area (Å²) in [5, 5.41) is 25.6. The van der Waals surface area contributed by atoms with E-state index >= 15 is 0 Å². The summed E-state index contributed by atoms with van der Waals surface area (Å²) < 4.78 is 5.04. The summed E-state index contributed by atoms with van der Waals surface area (Å²) in [5.74, 6) is 0.767. The summed E-state index contributed by atoms with van der Waals surface area (Å²) in [6.07, 6.45) is 9.51. The SMILES string of the molecule is CCCN(CCCCCCNCCc1cc(=O)[nH]o1)[C@H]1CCc2c(ccc(O)c2O)C1. The molecule has 172 valence electrons. The van der Waals surface area contributed by atoms with E-state index in [0.29, 0.717) is 11.8 Å². The molecule has 0 radical (unpaired) electrons. The van der Waals surface area contributed by atoms with Crippen molar-refractivity contribution in [3.63, 3.8) is 0 Å². The van der Waals surface area contributed by atoms with Crippen LogP contribution >= 0.6 is 0 Å². The van der Waals surface area contributed by atoms with Crippen molar-refractivity contribution in [1.82, 2.24) is 15.4 Å². The first kappa shape index (κ1) is 23.4. The first-order valence-corrected chi connectivity index (χ1v) is 11.7. The monoisotopic (exact) mass is 431 g/mol. The number of H-pyrrole nitrogens is 1. The quantitative estimate of drug-likeness (QED) is 0.287. The minimum Gasteiger partial charge on any atom is -0.504 e. The highest BCUT2D eigenvalue weighted by molar-refractivity contribution is 5.50. The fourth-order valence-electron chi connectivity index (χ4n) is 4.58. The number of hydrogen-bond donors (Lipinski definition) is 4. The molecule has 3 rings (SSSR count). The summed E-state index contributed by atoms with van der Waals surface area (Å²) in [7, 11) is 0. The Morgan fingerprint density at radius 1 is 1.16 bits per heavy atom. The van der Waals surface area contributed by atoms with Crippen LogP contribution in [0.4, 0.5) is 0 Å². The number of aromatic nitrogens is 1. The molecule has 2 aromatic rings. The van der Waals surface area contributed by atoms with Crippen molar-refractivity contribution in [2.24, 2.45) is 0 Å². The maximum Gasteiger partial charge on any atom is 0.280 e. The number of benzene rings is 1. The van der Waals surface area contributed by atoms with Crippen LogP contribution in [0.2, 0.25) is 0 Å². The molecule has 0 saturated carbocycles. The number of fused-ring (bicyclic) bond motifs is 1. The molecule has 7 heteroatoms. The van der Waals surface area contributed by atoms with Gasteiger partial charge in [0, 0.05) is 30.6 Å². The van der Waals surface area contributed by atoms with Crippen molar-refractivity contribution in [3.05, 3.63) is 45.4 Å². The van der Waals surface area contributed by atoms with E-state index in [4.69, 9.17) is 4.52 Å². The van der Waals surface area contributed by atoms with E-state index in [1.54, 1.807) is 6.07 Å². The molecule has 1 aliphatic rings. The zero-order valence-electron chi connectivity index (χ0n) is 18.7. The molecule has 31 heavy (non-hydrogen) atoms. The van der Waals surface area contributed by atoms with Crippen LogP contribution in [0.1, 0.15) is 62.3 Å². The zero-order chi connectivity index (χ0) is 22.1. The van der Waals surface area contributed by atoms with Gasteiger partial charge in [0.05, 0.1) is 0 Å². The molecule has 0 aliphatic heterocycles. The Morgan fingerprint density at radius 3 is 2.77 bits per heavy atom. The lowest BCUT2D eigenvalue weighted by molar-refractivity contribution is 0.175. The maximum atomic E-state index is 11.0. The molecule has 1 atom stereocenters. The molecule has 1 aromatic carbocycles. The molecule has 7 nitrogen and oxygen atoms in total. The van der Waals surface area contributed by atoms with Crippen LogP contribution < -0.4 is 10.9 Å². The number of hydrogen-bond acceptors (Lipinski definition) is 6. The number of phenolic OH excluding ortho intramolecular Hbond substituents is 2. The van der Waals surface area contributed by atoms with Crippen LogP contribution in [0.25, 0.3) is 0 Å². The van der Waals surface area contributed by atoms with Gasteiger partial charge in [-0.1, -0.05) is 25.8 Å². The summed E-state index contributed by atoms with van der Waals surface area (Å²) >= 11 is 0. The van der Waals surface area contributed by atoms with Crippen LogP contribution in [-0.4, -0.2) is 52.5 Å². The number of phenols is 2. The standard InChI is InChI=1S/C24H37N3O4/c1-2-14-27(19-8-9-21-18(16-19)7-10-22(28)24(21)30)15-6-4-3-5-12-25-13-11-20-17-23(29)26-31-20/h7,10,17,19,25,28,30H,2-6,8-9,11-16H2,1H3,(H,26,29)/t19-/m0/s1.